The van der Waals surface area contributed by atoms with Gasteiger partial charge in [0.05, 0.1) is 6.61 Å². The normalized spacial score (nSPS) is 10.5. The van der Waals surface area contributed by atoms with Crippen LogP contribution < -0.4 is 10.1 Å². The Labute approximate surface area is 102 Å². The second-order valence-electron chi connectivity index (χ2n) is 3.82. The standard InChI is InChI=1S/C13H20FNO2/c1-11-3-4-13(17-7-5-14)12(9-11)10-15-6-8-16-2/h3-4,9,15H,5-8,10H2,1-2H3. The molecule has 0 saturated carbocycles. The number of hydrogen-bond acceptors (Lipinski definition) is 3. The molecular weight excluding hydrogens is 221 g/mol. The molecule has 0 fully saturated rings. The van der Waals surface area contributed by atoms with Gasteiger partial charge in [-0.2, -0.15) is 0 Å². The van der Waals surface area contributed by atoms with E-state index in [2.05, 4.69) is 5.32 Å². The molecular formula is C13H20FNO2. The summed E-state index contributed by atoms with van der Waals surface area (Å²) in [5, 5.41) is 3.25. The van der Waals surface area contributed by atoms with E-state index in [0.717, 1.165) is 17.9 Å². The van der Waals surface area contributed by atoms with Crippen LogP contribution in [-0.4, -0.2) is 33.5 Å². The Morgan fingerprint density at radius 1 is 1.29 bits per heavy atom. The highest BCUT2D eigenvalue weighted by Gasteiger charge is 2.03. The van der Waals surface area contributed by atoms with E-state index in [1.807, 2.05) is 25.1 Å². The van der Waals surface area contributed by atoms with Gasteiger partial charge in [-0.3, -0.25) is 0 Å². The average molecular weight is 241 g/mol. The van der Waals surface area contributed by atoms with Crippen molar-refractivity contribution >= 4 is 0 Å². The van der Waals surface area contributed by atoms with Crippen molar-refractivity contribution in [2.75, 3.05) is 33.5 Å². The van der Waals surface area contributed by atoms with Gasteiger partial charge in [-0.1, -0.05) is 17.7 Å². The maximum absolute atomic E-state index is 12.1. The number of benzene rings is 1. The highest BCUT2D eigenvalue weighted by atomic mass is 19.1. The van der Waals surface area contributed by atoms with Crippen LogP contribution in [0.3, 0.4) is 0 Å². The molecule has 0 heterocycles. The minimum absolute atomic E-state index is 0.105. The van der Waals surface area contributed by atoms with Gasteiger partial charge >= 0.3 is 0 Å². The fraction of sp³-hybridized carbons (Fsp3) is 0.538. The van der Waals surface area contributed by atoms with Crippen molar-refractivity contribution in [1.82, 2.24) is 5.32 Å². The molecule has 0 aromatic heterocycles. The first-order valence-corrected chi connectivity index (χ1v) is 5.76. The number of alkyl halides is 1. The van der Waals surface area contributed by atoms with Crippen LogP contribution in [0.25, 0.3) is 0 Å². The molecule has 0 aliphatic rings. The highest BCUT2D eigenvalue weighted by Crippen LogP contribution is 2.19. The molecule has 0 bridgehead atoms. The first-order chi connectivity index (χ1) is 8.27. The van der Waals surface area contributed by atoms with E-state index in [1.165, 1.54) is 5.56 Å². The summed E-state index contributed by atoms with van der Waals surface area (Å²) in [4.78, 5) is 0. The van der Waals surface area contributed by atoms with Crippen LogP contribution in [0.1, 0.15) is 11.1 Å². The molecule has 3 nitrogen and oxygen atoms in total. The van der Waals surface area contributed by atoms with Crippen LogP contribution >= 0.6 is 0 Å². The van der Waals surface area contributed by atoms with Crippen LogP contribution in [0.5, 0.6) is 5.75 Å². The van der Waals surface area contributed by atoms with Gasteiger partial charge in [-0.25, -0.2) is 4.39 Å². The summed E-state index contributed by atoms with van der Waals surface area (Å²) in [5.74, 6) is 0.748. The lowest BCUT2D eigenvalue weighted by atomic mass is 10.1. The molecule has 0 amide bonds. The van der Waals surface area contributed by atoms with E-state index in [1.54, 1.807) is 7.11 Å². The quantitative estimate of drug-likeness (QED) is 0.707. The first kappa shape index (κ1) is 13.9. The third kappa shape index (κ3) is 5.15. The van der Waals surface area contributed by atoms with Crippen LogP contribution in [0, 0.1) is 6.92 Å². The zero-order chi connectivity index (χ0) is 12.5. The number of ether oxygens (including phenoxy) is 2. The number of halogens is 1. The summed E-state index contributed by atoms with van der Waals surface area (Å²) in [6, 6.07) is 5.90. The second-order valence-corrected chi connectivity index (χ2v) is 3.82. The summed E-state index contributed by atoms with van der Waals surface area (Å²) < 4.78 is 22.4. The lowest BCUT2D eigenvalue weighted by Gasteiger charge is -2.12. The van der Waals surface area contributed by atoms with Gasteiger partial charge in [0.1, 0.15) is 19.0 Å². The van der Waals surface area contributed by atoms with Crippen LogP contribution in [0.4, 0.5) is 4.39 Å². The zero-order valence-corrected chi connectivity index (χ0v) is 10.5. The number of methoxy groups -OCH3 is 1. The van der Waals surface area contributed by atoms with Crippen molar-refractivity contribution in [3.8, 4) is 5.75 Å². The fourth-order valence-corrected chi connectivity index (χ4v) is 1.53. The zero-order valence-electron chi connectivity index (χ0n) is 10.5. The van der Waals surface area contributed by atoms with E-state index in [9.17, 15) is 4.39 Å². The molecule has 0 saturated heterocycles. The third-order valence-electron chi connectivity index (χ3n) is 2.35. The van der Waals surface area contributed by atoms with Crippen molar-refractivity contribution in [2.45, 2.75) is 13.5 Å². The largest absolute Gasteiger partial charge is 0.491 e. The fourth-order valence-electron chi connectivity index (χ4n) is 1.53. The Morgan fingerprint density at radius 3 is 2.82 bits per heavy atom. The smallest absolute Gasteiger partial charge is 0.123 e. The minimum Gasteiger partial charge on any atom is -0.491 e. The molecule has 17 heavy (non-hydrogen) atoms. The van der Waals surface area contributed by atoms with Gasteiger partial charge in [-0.05, 0) is 13.0 Å². The number of hydrogen-bond donors (Lipinski definition) is 1. The van der Waals surface area contributed by atoms with Crippen molar-refractivity contribution < 1.29 is 13.9 Å². The number of rotatable bonds is 8. The highest BCUT2D eigenvalue weighted by molar-refractivity contribution is 5.36. The Hall–Kier alpha value is -1.13. The monoisotopic (exact) mass is 241 g/mol. The second kappa shape index (κ2) is 8.03. The molecule has 0 aliphatic heterocycles. The molecule has 1 aromatic carbocycles. The molecule has 0 atom stereocenters. The lowest BCUT2D eigenvalue weighted by molar-refractivity contribution is 0.199. The Balaban J connectivity index is 2.56. The molecule has 4 heteroatoms. The van der Waals surface area contributed by atoms with Gasteiger partial charge in [-0.15, -0.1) is 0 Å². The Morgan fingerprint density at radius 2 is 2.12 bits per heavy atom. The van der Waals surface area contributed by atoms with Gasteiger partial charge in [0, 0.05) is 25.8 Å². The molecule has 1 N–H and O–H groups in total. The summed E-state index contributed by atoms with van der Waals surface area (Å²) in [5.41, 5.74) is 2.22. The van der Waals surface area contributed by atoms with Crippen molar-refractivity contribution in [2.24, 2.45) is 0 Å². The molecule has 96 valence electrons. The predicted octanol–water partition coefficient (Wildman–Crippen LogP) is 2.08. The topological polar surface area (TPSA) is 30.5 Å². The summed E-state index contributed by atoms with van der Waals surface area (Å²) in [7, 11) is 1.67. The van der Waals surface area contributed by atoms with E-state index >= 15 is 0 Å². The summed E-state index contributed by atoms with van der Waals surface area (Å²) in [6.07, 6.45) is 0. The predicted molar refractivity (Wildman–Crippen MR) is 66.2 cm³/mol. The van der Waals surface area contributed by atoms with Gasteiger partial charge in [0.15, 0.2) is 0 Å². The van der Waals surface area contributed by atoms with E-state index in [0.29, 0.717) is 13.2 Å². The molecule has 1 rings (SSSR count). The maximum Gasteiger partial charge on any atom is 0.123 e. The molecule has 0 unspecified atom stereocenters. The minimum atomic E-state index is -0.468. The molecule has 0 aliphatic carbocycles. The third-order valence-corrected chi connectivity index (χ3v) is 2.35. The van der Waals surface area contributed by atoms with Crippen LogP contribution in [-0.2, 0) is 11.3 Å². The summed E-state index contributed by atoms with van der Waals surface area (Å²) in [6.45, 7) is 3.82. The van der Waals surface area contributed by atoms with E-state index < -0.39 is 6.67 Å². The number of nitrogens with one attached hydrogen (secondary N) is 1. The average Bonchev–Trinajstić information content (AvgIpc) is 2.33. The molecule has 0 spiro atoms. The maximum atomic E-state index is 12.1. The number of aryl methyl sites for hydroxylation is 1. The Kier molecular flexibility index (Phi) is 6.58. The van der Waals surface area contributed by atoms with Crippen LogP contribution in [0.15, 0.2) is 18.2 Å². The van der Waals surface area contributed by atoms with E-state index in [-0.39, 0.29) is 6.61 Å². The molecule has 0 radical (unpaired) electrons. The SMILES string of the molecule is COCCNCc1cc(C)ccc1OCCF. The van der Waals surface area contributed by atoms with Crippen LogP contribution in [0.2, 0.25) is 0 Å². The van der Waals surface area contributed by atoms with Gasteiger partial charge in [0.2, 0.25) is 0 Å². The Bertz CT molecular complexity index is 331. The first-order valence-electron chi connectivity index (χ1n) is 5.76. The molecule has 1 aromatic rings. The van der Waals surface area contributed by atoms with Crippen molar-refractivity contribution in [3.63, 3.8) is 0 Å². The van der Waals surface area contributed by atoms with Crippen molar-refractivity contribution in [3.05, 3.63) is 29.3 Å². The lowest BCUT2D eigenvalue weighted by Crippen LogP contribution is -2.19. The van der Waals surface area contributed by atoms with Gasteiger partial charge in [0.25, 0.3) is 0 Å². The van der Waals surface area contributed by atoms with Gasteiger partial charge < -0.3 is 14.8 Å². The van der Waals surface area contributed by atoms with E-state index in [4.69, 9.17) is 9.47 Å². The summed E-state index contributed by atoms with van der Waals surface area (Å²) >= 11 is 0. The van der Waals surface area contributed by atoms with Crippen molar-refractivity contribution in [1.29, 1.82) is 0 Å².